The summed E-state index contributed by atoms with van der Waals surface area (Å²) in [4.78, 5) is 22.0. The van der Waals surface area contributed by atoms with Crippen molar-refractivity contribution in [1.29, 1.82) is 0 Å². The van der Waals surface area contributed by atoms with Gasteiger partial charge in [0.25, 0.3) is 5.69 Å². The summed E-state index contributed by atoms with van der Waals surface area (Å²) >= 11 is 2.35. The summed E-state index contributed by atoms with van der Waals surface area (Å²) in [5.74, 6) is -0.309. The van der Waals surface area contributed by atoms with E-state index in [0.717, 1.165) is 6.42 Å². The summed E-state index contributed by atoms with van der Waals surface area (Å²) in [5.41, 5.74) is -0.350. The standard InChI is InChI=1S/C13H17NO5.C3H7I/c1-3-7-18-10-5-6-11(12(9-10)14(16)17)13(15)19-8-4-2;1-2-3-4/h5-6,9H,3-4,7-8H2,1-2H3;2-3H2,1H3. The average molecular weight is 437 g/mol. The summed E-state index contributed by atoms with van der Waals surface area (Å²) < 4.78 is 11.5. The van der Waals surface area contributed by atoms with Crippen molar-refractivity contribution in [1.82, 2.24) is 0 Å². The monoisotopic (exact) mass is 437 g/mol. The van der Waals surface area contributed by atoms with Crippen LogP contribution in [0.2, 0.25) is 0 Å². The van der Waals surface area contributed by atoms with Crippen molar-refractivity contribution >= 4 is 34.2 Å². The largest absolute Gasteiger partial charge is 0.493 e. The number of hydrogen-bond acceptors (Lipinski definition) is 5. The lowest BCUT2D eigenvalue weighted by Gasteiger charge is -2.07. The van der Waals surface area contributed by atoms with Gasteiger partial charge in [0.05, 0.1) is 24.2 Å². The number of nitrogens with zero attached hydrogens (tertiary/aromatic N) is 1. The molecule has 0 amide bonds. The Morgan fingerprint density at radius 2 is 1.78 bits per heavy atom. The Balaban J connectivity index is 0.00000108. The lowest BCUT2D eigenvalue weighted by molar-refractivity contribution is -0.385. The Kier molecular flexibility index (Phi) is 12.3. The van der Waals surface area contributed by atoms with Gasteiger partial charge in [-0.25, -0.2) is 4.79 Å². The maximum atomic E-state index is 11.7. The number of alkyl halides is 1. The number of nitro groups is 1. The second kappa shape index (κ2) is 13.1. The molecule has 0 saturated carbocycles. The molecule has 0 atom stereocenters. The SMILES string of the molecule is CCCI.CCCOC(=O)c1ccc(OCCC)cc1[N+](=O)[O-]. The molecule has 1 aromatic carbocycles. The van der Waals surface area contributed by atoms with Crippen LogP contribution in [0.1, 0.15) is 50.4 Å². The zero-order valence-corrected chi connectivity index (χ0v) is 16.0. The minimum Gasteiger partial charge on any atom is -0.493 e. The lowest BCUT2D eigenvalue weighted by Crippen LogP contribution is -2.09. The minimum atomic E-state index is -0.685. The summed E-state index contributed by atoms with van der Waals surface area (Å²) in [6, 6.07) is 4.14. The number of benzene rings is 1. The van der Waals surface area contributed by atoms with Crippen molar-refractivity contribution in [2.24, 2.45) is 0 Å². The number of rotatable bonds is 8. The summed E-state index contributed by atoms with van der Waals surface area (Å²) in [6.45, 7) is 6.67. The lowest BCUT2D eigenvalue weighted by atomic mass is 10.1. The summed E-state index contributed by atoms with van der Waals surface area (Å²) in [7, 11) is 0. The normalized spacial score (nSPS) is 9.57. The average Bonchev–Trinajstić information content (AvgIpc) is 2.57. The Morgan fingerprint density at radius 3 is 2.26 bits per heavy atom. The van der Waals surface area contributed by atoms with Crippen LogP contribution in [-0.2, 0) is 4.74 Å². The fraction of sp³-hybridized carbons (Fsp3) is 0.562. The van der Waals surface area contributed by atoms with E-state index in [-0.39, 0.29) is 17.9 Å². The van der Waals surface area contributed by atoms with Crippen molar-refractivity contribution in [3.63, 3.8) is 0 Å². The van der Waals surface area contributed by atoms with Crippen LogP contribution in [0.15, 0.2) is 18.2 Å². The smallest absolute Gasteiger partial charge is 0.345 e. The third-order valence-corrected chi connectivity index (χ3v) is 3.56. The Hall–Kier alpha value is -1.38. The van der Waals surface area contributed by atoms with Crippen LogP contribution in [-0.4, -0.2) is 28.5 Å². The first-order valence-corrected chi connectivity index (χ1v) is 9.18. The highest BCUT2D eigenvalue weighted by molar-refractivity contribution is 14.1. The van der Waals surface area contributed by atoms with Gasteiger partial charge >= 0.3 is 5.97 Å². The molecule has 23 heavy (non-hydrogen) atoms. The van der Waals surface area contributed by atoms with Crippen molar-refractivity contribution in [2.45, 2.75) is 40.0 Å². The number of carbonyl (C=O) groups is 1. The highest BCUT2D eigenvalue weighted by Gasteiger charge is 2.22. The Morgan fingerprint density at radius 1 is 1.17 bits per heavy atom. The molecule has 0 heterocycles. The molecule has 0 aliphatic heterocycles. The number of esters is 1. The van der Waals surface area contributed by atoms with Gasteiger partial charge in [0.1, 0.15) is 11.3 Å². The first kappa shape index (κ1) is 21.6. The van der Waals surface area contributed by atoms with E-state index in [0.29, 0.717) is 18.8 Å². The van der Waals surface area contributed by atoms with Crippen LogP contribution in [0.25, 0.3) is 0 Å². The molecule has 1 aromatic rings. The van der Waals surface area contributed by atoms with Gasteiger partial charge in [-0.05, 0) is 35.8 Å². The van der Waals surface area contributed by atoms with Crippen LogP contribution in [0.3, 0.4) is 0 Å². The zero-order valence-electron chi connectivity index (χ0n) is 13.8. The van der Waals surface area contributed by atoms with E-state index in [1.165, 1.54) is 29.0 Å². The molecule has 0 fully saturated rings. The highest BCUT2D eigenvalue weighted by Crippen LogP contribution is 2.25. The number of nitro benzene ring substituents is 1. The van der Waals surface area contributed by atoms with Gasteiger partial charge < -0.3 is 9.47 Å². The third kappa shape index (κ3) is 8.73. The zero-order chi connectivity index (χ0) is 17.7. The maximum absolute atomic E-state index is 11.7. The summed E-state index contributed by atoms with van der Waals surface area (Å²) in [6.07, 6.45) is 2.77. The van der Waals surface area contributed by atoms with Gasteiger partial charge in [0.2, 0.25) is 0 Å². The van der Waals surface area contributed by atoms with Crippen LogP contribution in [0, 0.1) is 10.1 Å². The topological polar surface area (TPSA) is 78.7 Å². The molecule has 130 valence electrons. The first-order valence-electron chi connectivity index (χ1n) is 7.66. The third-order valence-electron chi connectivity index (χ3n) is 2.48. The molecule has 0 aromatic heterocycles. The predicted octanol–water partition coefficient (Wildman–Crippen LogP) is 4.78. The molecule has 0 radical (unpaired) electrons. The van der Waals surface area contributed by atoms with E-state index in [1.54, 1.807) is 0 Å². The quantitative estimate of drug-likeness (QED) is 0.192. The van der Waals surface area contributed by atoms with E-state index < -0.39 is 10.9 Å². The molecule has 7 heteroatoms. The van der Waals surface area contributed by atoms with E-state index in [9.17, 15) is 14.9 Å². The molecule has 0 unspecified atom stereocenters. The van der Waals surface area contributed by atoms with Crippen LogP contribution in [0.4, 0.5) is 5.69 Å². The fourth-order valence-corrected chi connectivity index (χ4v) is 1.42. The minimum absolute atomic E-state index is 0.0534. The van der Waals surface area contributed by atoms with Crippen molar-refractivity contribution in [3.8, 4) is 5.75 Å². The van der Waals surface area contributed by atoms with E-state index in [1.807, 2.05) is 13.8 Å². The first-order chi connectivity index (χ1) is 11.0. The second-order valence-corrected chi connectivity index (χ2v) is 5.69. The van der Waals surface area contributed by atoms with Crippen molar-refractivity contribution < 1.29 is 19.2 Å². The molecular formula is C16H24INO5. The molecule has 6 nitrogen and oxygen atoms in total. The molecule has 0 bridgehead atoms. The van der Waals surface area contributed by atoms with Crippen molar-refractivity contribution in [2.75, 3.05) is 17.6 Å². The van der Waals surface area contributed by atoms with Crippen molar-refractivity contribution in [3.05, 3.63) is 33.9 Å². The van der Waals surface area contributed by atoms with Crippen LogP contribution in [0.5, 0.6) is 5.75 Å². The number of ether oxygens (including phenoxy) is 2. The van der Waals surface area contributed by atoms with E-state index in [4.69, 9.17) is 9.47 Å². The fourth-order valence-electron chi connectivity index (χ4n) is 1.42. The van der Waals surface area contributed by atoms with Crippen LogP contribution >= 0.6 is 22.6 Å². The van der Waals surface area contributed by atoms with Gasteiger partial charge in [-0.1, -0.05) is 43.4 Å². The van der Waals surface area contributed by atoms with Gasteiger partial charge in [-0.15, -0.1) is 0 Å². The molecule has 0 aliphatic rings. The molecule has 0 saturated heterocycles. The summed E-state index contributed by atoms with van der Waals surface area (Å²) in [5, 5.41) is 11.0. The van der Waals surface area contributed by atoms with Gasteiger partial charge in [0, 0.05) is 0 Å². The van der Waals surface area contributed by atoms with Gasteiger partial charge in [-0.2, -0.15) is 0 Å². The Labute approximate surface area is 150 Å². The number of hydrogen-bond donors (Lipinski definition) is 0. The number of halogens is 1. The highest BCUT2D eigenvalue weighted by atomic mass is 127. The maximum Gasteiger partial charge on any atom is 0.345 e. The number of carbonyl (C=O) groups excluding carboxylic acids is 1. The molecule has 0 spiro atoms. The molecule has 0 N–H and O–H groups in total. The Bertz CT molecular complexity index is 491. The van der Waals surface area contributed by atoms with E-state index >= 15 is 0 Å². The van der Waals surface area contributed by atoms with Gasteiger partial charge in [-0.3, -0.25) is 10.1 Å². The van der Waals surface area contributed by atoms with Gasteiger partial charge in [0.15, 0.2) is 0 Å². The van der Waals surface area contributed by atoms with E-state index in [2.05, 4.69) is 29.5 Å². The molecular weight excluding hydrogens is 413 g/mol. The molecule has 0 aliphatic carbocycles. The molecule has 1 rings (SSSR count). The van der Waals surface area contributed by atoms with Crippen LogP contribution < -0.4 is 4.74 Å². The second-order valence-electron chi connectivity index (χ2n) is 4.61. The predicted molar refractivity (Wildman–Crippen MR) is 98.6 cm³/mol.